The summed E-state index contributed by atoms with van der Waals surface area (Å²) in [4.78, 5) is 9.48. The maximum absolute atomic E-state index is 4.45. The van der Waals surface area contributed by atoms with E-state index in [1.165, 1.54) is 57.4 Å². The van der Waals surface area contributed by atoms with Gasteiger partial charge in [-0.3, -0.25) is 9.89 Å². The molecule has 0 aliphatic carbocycles. The number of hydrogen-bond acceptors (Lipinski definition) is 3. The Hall–Kier alpha value is -0.860. The van der Waals surface area contributed by atoms with Crippen molar-refractivity contribution in [2.24, 2.45) is 10.9 Å². The first-order chi connectivity index (χ1) is 12.8. The van der Waals surface area contributed by atoms with Gasteiger partial charge in [-0.2, -0.15) is 0 Å². The number of benzene rings is 1. The number of nitrogens with one attached hydrogen (secondary N) is 2. The molecule has 0 amide bonds. The normalized spacial score (nSPS) is 22.9. The van der Waals surface area contributed by atoms with Crippen LogP contribution in [0.25, 0.3) is 0 Å². The molecule has 2 saturated heterocycles. The maximum Gasteiger partial charge on any atom is 0.191 e. The van der Waals surface area contributed by atoms with E-state index in [-0.39, 0.29) is 24.0 Å². The maximum atomic E-state index is 4.45. The first-order valence-electron chi connectivity index (χ1n) is 10.2. The molecule has 2 N–H and O–H groups in total. The molecule has 3 rings (SSSR count). The molecule has 2 heterocycles. The SMILES string of the molecule is CN=C(NCC1CCCN(C)C1)NCC(c1ccccc1)N1CCCC1.I. The largest absolute Gasteiger partial charge is 0.356 e. The zero-order valence-electron chi connectivity index (χ0n) is 16.9. The summed E-state index contributed by atoms with van der Waals surface area (Å²) in [6, 6.07) is 11.3. The lowest BCUT2D eigenvalue weighted by molar-refractivity contribution is 0.210. The predicted octanol–water partition coefficient (Wildman–Crippen LogP) is 2.95. The summed E-state index contributed by atoms with van der Waals surface area (Å²) in [5, 5.41) is 7.13. The van der Waals surface area contributed by atoms with Gasteiger partial charge in [0.1, 0.15) is 0 Å². The van der Waals surface area contributed by atoms with Crippen molar-refractivity contribution >= 4 is 29.9 Å². The Morgan fingerprint density at radius 1 is 1.11 bits per heavy atom. The molecule has 0 spiro atoms. The quantitative estimate of drug-likeness (QED) is 0.370. The third kappa shape index (κ3) is 6.91. The predicted molar refractivity (Wildman–Crippen MR) is 125 cm³/mol. The van der Waals surface area contributed by atoms with Gasteiger partial charge in [-0.15, -0.1) is 24.0 Å². The summed E-state index contributed by atoms with van der Waals surface area (Å²) >= 11 is 0. The van der Waals surface area contributed by atoms with E-state index in [2.05, 4.69) is 62.8 Å². The fourth-order valence-corrected chi connectivity index (χ4v) is 4.28. The Bertz CT molecular complexity index is 559. The minimum Gasteiger partial charge on any atom is -0.356 e. The standard InChI is InChI=1S/C21H35N5.HI/c1-22-21(23-15-18-9-8-12-25(2)17-18)24-16-20(26-13-6-7-14-26)19-10-4-3-5-11-19;/h3-5,10-11,18,20H,6-9,12-17H2,1-2H3,(H2,22,23,24);1H. The molecule has 0 radical (unpaired) electrons. The van der Waals surface area contributed by atoms with Gasteiger partial charge < -0.3 is 15.5 Å². The van der Waals surface area contributed by atoms with Crippen LogP contribution >= 0.6 is 24.0 Å². The lowest BCUT2D eigenvalue weighted by Crippen LogP contribution is -2.46. The lowest BCUT2D eigenvalue weighted by atomic mass is 9.98. The highest BCUT2D eigenvalue weighted by molar-refractivity contribution is 14.0. The van der Waals surface area contributed by atoms with Crippen molar-refractivity contribution in [1.29, 1.82) is 0 Å². The van der Waals surface area contributed by atoms with E-state index in [1.54, 1.807) is 0 Å². The van der Waals surface area contributed by atoms with Gasteiger partial charge in [0.15, 0.2) is 5.96 Å². The Morgan fingerprint density at radius 2 is 1.85 bits per heavy atom. The van der Waals surface area contributed by atoms with E-state index in [9.17, 15) is 0 Å². The number of likely N-dealkylation sites (tertiary alicyclic amines) is 2. The van der Waals surface area contributed by atoms with Crippen molar-refractivity contribution in [3.05, 3.63) is 35.9 Å². The highest BCUT2D eigenvalue weighted by Crippen LogP contribution is 2.24. The van der Waals surface area contributed by atoms with E-state index in [4.69, 9.17) is 0 Å². The Balaban J connectivity index is 0.00000261. The molecule has 2 aliphatic heterocycles. The third-order valence-corrected chi connectivity index (χ3v) is 5.73. The minimum absolute atomic E-state index is 0. The van der Waals surface area contributed by atoms with E-state index >= 15 is 0 Å². The van der Waals surface area contributed by atoms with Crippen molar-refractivity contribution in [3.8, 4) is 0 Å². The van der Waals surface area contributed by atoms with Gasteiger partial charge in [-0.1, -0.05) is 30.3 Å². The topological polar surface area (TPSA) is 42.9 Å². The molecule has 2 fully saturated rings. The number of guanidine groups is 1. The monoisotopic (exact) mass is 485 g/mol. The average Bonchev–Trinajstić information content (AvgIpc) is 3.20. The van der Waals surface area contributed by atoms with Crippen LogP contribution in [0.1, 0.15) is 37.3 Å². The highest BCUT2D eigenvalue weighted by Gasteiger charge is 2.23. The Kier molecular flexibility index (Phi) is 9.86. The fraction of sp³-hybridized carbons (Fsp3) is 0.667. The molecular formula is C21H36IN5. The van der Waals surface area contributed by atoms with Crippen molar-refractivity contribution in [2.75, 3.05) is 53.4 Å². The number of aliphatic imine (C=N–C) groups is 1. The molecule has 0 aromatic heterocycles. The fourth-order valence-electron chi connectivity index (χ4n) is 4.28. The van der Waals surface area contributed by atoms with Crippen LogP contribution < -0.4 is 10.6 Å². The Labute approximate surface area is 182 Å². The second kappa shape index (κ2) is 11.9. The molecule has 1 aromatic carbocycles. The number of rotatable bonds is 6. The van der Waals surface area contributed by atoms with Gasteiger partial charge in [-0.25, -0.2) is 0 Å². The molecule has 2 atom stereocenters. The molecule has 6 heteroatoms. The third-order valence-electron chi connectivity index (χ3n) is 5.73. The van der Waals surface area contributed by atoms with Gasteiger partial charge in [0, 0.05) is 26.7 Å². The number of hydrogen-bond donors (Lipinski definition) is 2. The number of piperidine rings is 1. The zero-order chi connectivity index (χ0) is 18.2. The zero-order valence-corrected chi connectivity index (χ0v) is 19.2. The summed E-state index contributed by atoms with van der Waals surface area (Å²) in [5.41, 5.74) is 1.39. The van der Waals surface area contributed by atoms with Crippen LogP contribution in [0.4, 0.5) is 0 Å². The molecule has 1 aromatic rings. The van der Waals surface area contributed by atoms with Gasteiger partial charge in [0.25, 0.3) is 0 Å². The Morgan fingerprint density at radius 3 is 2.52 bits per heavy atom. The second-order valence-corrected chi connectivity index (χ2v) is 7.77. The molecule has 27 heavy (non-hydrogen) atoms. The summed E-state index contributed by atoms with van der Waals surface area (Å²) in [5.74, 6) is 1.65. The van der Waals surface area contributed by atoms with Crippen molar-refractivity contribution < 1.29 is 0 Å². The van der Waals surface area contributed by atoms with Gasteiger partial charge in [-0.05, 0) is 63.8 Å². The first-order valence-corrected chi connectivity index (χ1v) is 10.2. The van der Waals surface area contributed by atoms with Crippen LogP contribution in [-0.4, -0.2) is 69.1 Å². The summed E-state index contributed by atoms with van der Waals surface area (Å²) in [6.07, 6.45) is 5.24. The number of nitrogens with zero attached hydrogens (tertiary/aromatic N) is 3. The first kappa shape index (κ1) is 22.4. The van der Waals surface area contributed by atoms with Crippen LogP contribution in [0.15, 0.2) is 35.3 Å². The summed E-state index contributed by atoms with van der Waals surface area (Å²) < 4.78 is 0. The van der Waals surface area contributed by atoms with Crippen molar-refractivity contribution in [2.45, 2.75) is 31.7 Å². The van der Waals surface area contributed by atoms with E-state index < -0.39 is 0 Å². The molecule has 5 nitrogen and oxygen atoms in total. The van der Waals surface area contributed by atoms with E-state index in [0.29, 0.717) is 6.04 Å². The smallest absolute Gasteiger partial charge is 0.191 e. The molecule has 0 saturated carbocycles. The van der Waals surface area contributed by atoms with Crippen LogP contribution in [0.3, 0.4) is 0 Å². The average molecular weight is 485 g/mol. The van der Waals surface area contributed by atoms with Gasteiger partial charge in [0.05, 0.1) is 6.04 Å². The van der Waals surface area contributed by atoms with Crippen LogP contribution in [-0.2, 0) is 0 Å². The van der Waals surface area contributed by atoms with E-state index in [0.717, 1.165) is 25.0 Å². The lowest BCUT2D eigenvalue weighted by Gasteiger charge is -2.31. The second-order valence-electron chi connectivity index (χ2n) is 7.77. The van der Waals surface area contributed by atoms with Crippen molar-refractivity contribution in [3.63, 3.8) is 0 Å². The molecule has 2 unspecified atom stereocenters. The van der Waals surface area contributed by atoms with E-state index in [1.807, 2.05) is 7.05 Å². The number of halogens is 1. The van der Waals surface area contributed by atoms with Crippen molar-refractivity contribution in [1.82, 2.24) is 20.4 Å². The van der Waals surface area contributed by atoms with Gasteiger partial charge >= 0.3 is 0 Å². The van der Waals surface area contributed by atoms with Crippen LogP contribution in [0.5, 0.6) is 0 Å². The molecular weight excluding hydrogens is 449 g/mol. The molecule has 152 valence electrons. The molecule has 0 bridgehead atoms. The minimum atomic E-state index is 0. The summed E-state index contributed by atoms with van der Waals surface area (Å²) in [7, 11) is 4.09. The van der Waals surface area contributed by atoms with Gasteiger partial charge in [0.2, 0.25) is 0 Å². The highest BCUT2D eigenvalue weighted by atomic mass is 127. The van der Waals surface area contributed by atoms with Crippen LogP contribution in [0.2, 0.25) is 0 Å². The molecule has 2 aliphatic rings. The van der Waals surface area contributed by atoms with Crippen LogP contribution in [0, 0.1) is 5.92 Å². The summed E-state index contributed by atoms with van der Waals surface area (Å²) in [6.45, 7) is 6.71.